The third kappa shape index (κ3) is 8.43. The van der Waals surface area contributed by atoms with Crippen molar-refractivity contribution in [2.24, 2.45) is 5.92 Å². The molecule has 0 N–H and O–H groups in total. The van der Waals surface area contributed by atoms with Gasteiger partial charge in [0.15, 0.2) is 0 Å². The van der Waals surface area contributed by atoms with E-state index in [4.69, 9.17) is 13.3 Å². The Kier molecular flexibility index (Phi) is 13.3. The zero-order valence-electron chi connectivity index (χ0n) is 17.6. The summed E-state index contributed by atoms with van der Waals surface area (Å²) < 4.78 is 18.3. The molecule has 0 aromatic heterocycles. The molecule has 5 heteroatoms. The molecule has 2 unspecified atom stereocenters. The van der Waals surface area contributed by atoms with E-state index in [1.54, 1.807) is 0 Å². The standard InChI is InChI=1S/C19H43NO3Si/c1-9-13-14-20(18(7)15-17(5)6)16-19(8)24(21-10-2,22-11-3)23-12-4/h17-19H,9-16H2,1-8H3. The predicted octanol–water partition coefficient (Wildman–Crippen LogP) is 4.96. The van der Waals surface area contributed by atoms with Gasteiger partial charge in [-0.25, -0.2) is 0 Å². The van der Waals surface area contributed by atoms with Crippen LogP contribution >= 0.6 is 0 Å². The van der Waals surface area contributed by atoms with Crippen LogP contribution in [0.15, 0.2) is 0 Å². The minimum absolute atomic E-state index is 0.281. The molecule has 0 aromatic carbocycles. The van der Waals surface area contributed by atoms with Crippen molar-refractivity contribution < 1.29 is 13.3 Å². The summed E-state index contributed by atoms with van der Waals surface area (Å²) >= 11 is 0. The Labute approximate surface area is 152 Å². The van der Waals surface area contributed by atoms with Crippen LogP contribution in [0.25, 0.3) is 0 Å². The molecule has 0 saturated carbocycles. The summed E-state index contributed by atoms with van der Waals surface area (Å²) in [5, 5.41) is 0. The third-order valence-electron chi connectivity index (χ3n) is 4.38. The van der Waals surface area contributed by atoms with Crippen LogP contribution in [0, 0.1) is 5.92 Å². The highest BCUT2D eigenvalue weighted by Crippen LogP contribution is 2.28. The van der Waals surface area contributed by atoms with Crippen molar-refractivity contribution in [3.05, 3.63) is 0 Å². The first-order valence-electron chi connectivity index (χ1n) is 10.0. The smallest absolute Gasteiger partial charge is 0.374 e. The summed E-state index contributed by atoms with van der Waals surface area (Å²) in [4.78, 5) is 2.62. The lowest BCUT2D eigenvalue weighted by molar-refractivity contribution is 0.0543. The number of rotatable bonds is 15. The van der Waals surface area contributed by atoms with Gasteiger partial charge in [0.1, 0.15) is 0 Å². The predicted molar refractivity (Wildman–Crippen MR) is 105 cm³/mol. The van der Waals surface area contributed by atoms with Gasteiger partial charge < -0.3 is 18.2 Å². The van der Waals surface area contributed by atoms with E-state index in [-0.39, 0.29) is 5.54 Å². The van der Waals surface area contributed by atoms with Crippen molar-refractivity contribution in [2.75, 3.05) is 32.9 Å². The first-order chi connectivity index (χ1) is 11.4. The Morgan fingerprint density at radius 3 is 1.71 bits per heavy atom. The largest absolute Gasteiger partial charge is 0.505 e. The molecule has 0 rings (SSSR count). The fourth-order valence-electron chi connectivity index (χ4n) is 3.30. The molecule has 0 amide bonds. The third-order valence-corrected chi connectivity index (χ3v) is 7.85. The van der Waals surface area contributed by atoms with Gasteiger partial charge in [0.25, 0.3) is 0 Å². The lowest BCUT2D eigenvalue weighted by Crippen LogP contribution is -2.53. The molecule has 0 heterocycles. The van der Waals surface area contributed by atoms with E-state index < -0.39 is 8.80 Å². The van der Waals surface area contributed by atoms with Crippen LogP contribution in [0.4, 0.5) is 0 Å². The SMILES string of the molecule is CCCCN(CC(C)[Si](OCC)(OCC)OCC)C(C)CC(C)C. The van der Waals surface area contributed by atoms with E-state index in [9.17, 15) is 0 Å². The van der Waals surface area contributed by atoms with Gasteiger partial charge in [-0.3, -0.25) is 0 Å². The van der Waals surface area contributed by atoms with Crippen LogP contribution in [0.2, 0.25) is 5.54 Å². The van der Waals surface area contributed by atoms with E-state index >= 15 is 0 Å². The number of hydrogen-bond donors (Lipinski definition) is 0. The minimum Gasteiger partial charge on any atom is -0.374 e. The maximum Gasteiger partial charge on any atom is 0.505 e. The Hall–Kier alpha value is 0.0569. The molecule has 2 atom stereocenters. The Morgan fingerprint density at radius 2 is 1.33 bits per heavy atom. The normalized spacial score (nSPS) is 15.2. The fourth-order valence-corrected chi connectivity index (χ4v) is 6.07. The average molecular weight is 362 g/mol. The second-order valence-corrected chi connectivity index (χ2v) is 10.2. The van der Waals surface area contributed by atoms with Crippen LogP contribution in [0.5, 0.6) is 0 Å². The quantitative estimate of drug-likeness (QED) is 0.386. The van der Waals surface area contributed by atoms with Gasteiger partial charge in [-0.15, -0.1) is 0 Å². The molecule has 0 bridgehead atoms. The zero-order chi connectivity index (χ0) is 18.6. The van der Waals surface area contributed by atoms with Crippen molar-refractivity contribution in [1.29, 1.82) is 0 Å². The maximum atomic E-state index is 6.11. The van der Waals surface area contributed by atoms with Gasteiger partial charge in [0, 0.05) is 37.9 Å². The Balaban J connectivity index is 5.14. The second-order valence-electron chi connectivity index (χ2n) is 7.13. The molecule has 0 saturated heterocycles. The Morgan fingerprint density at radius 1 is 0.833 bits per heavy atom. The highest BCUT2D eigenvalue weighted by atomic mass is 28.4. The van der Waals surface area contributed by atoms with Gasteiger partial charge in [-0.2, -0.15) is 0 Å². The summed E-state index contributed by atoms with van der Waals surface area (Å²) in [6.45, 7) is 21.6. The highest BCUT2D eigenvalue weighted by Gasteiger charge is 2.47. The maximum absolute atomic E-state index is 6.11. The van der Waals surface area contributed by atoms with E-state index in [0.717, 1.165) is 13.1 Å². The molecule has 4 nitrogen and oxygen atoms in total. The molecule has 0 spiro atoms. The minimum atomic E-state index is -2.63. The van der Waals surface area contributed by atoms with E-state index in [0.29, 0.717) is 31.8 Å². The topological polar surface area (TPSA) is 30.9 Å². The Bertz CT molecular complexity index is 285. The molecule has 0 radical (unpaired) electrons. The van der Waals surface area contributed by atoms with Gasteiger partial charge in [0.2, 0.25) is 0 Å². The summed E-state index contributed by atoms with van der Waals surface area (Å²) in [5.74, 6) is 0.715. The van der Waals surface area contributed by atoms with Gasteiger partial charge in [-0.1, -0.05) is 34.1 Å². The van der Waals surface area contributed by atoms with Crippen LogP contribution in [0.3, 0.4) is 0 Å². The molecule has 0 aliphatic heterocycles. The van der Waals surface area contributed by atoms with E-state index in [2.05, 4.69) is 39.5 Å². The molecule has 0 aromatic rings. The second kappa shape index (κ2) is 13.3. The van der Waals surface area contributed by atoms with Gasteiger partial charge in [-0.05, 0) is 53.0 Å². The van der Waals surface area contributed by atoms with Crippen molar-refractivity contribution in [2.45, 2.75) is 86.2 Å². The molecule has 0 aliphatic rings. The molecule has 146 valence electrons. The summed E-state index contributed by atoms with van der Waals surface area (Å²) in [6.07, 6.45) is 3.69. The van der Waals surface area contributed by atoms with E-state index in [1.807, 2.05) is 20.8 Å². The first-order valence-corrected chi connectivity index (χ1v) is 11.8. The van der Waals surface area contributed by atoms with Crippen molar-refractivity contribution >= 4 is 8.80 Å². The summed E-state index contributed by atoms with van der Waals surface area (Å²) in [7, 11) is -2.63. The van der Waals surface area contributed by atoms with Crippen LogP contribution in [0.1, 0.15) is 74.7 Å². The van der Waals surface area contributed by atoms with Crippen LogP contribution in [-0.4, -0.2) is 52.7 Å². The number of nitrogens with zero attached hydrogens (tertiary/aromatic N) is 1. The lowest BCUT2D eigenvalue weighted by atomic mass is 10.0. The lowest BCUT2D eigenvalue weighted by Gasteiger charge is -2.38. The summed E-state index contributed by atoms with van der Waals surface area (Å²) in [5.41, 5.74) is 0.281. The molecular weight excluding hydrogens is 318 g/mol. The average Bonchev–Trinajstić information content (AvgIpc) is 2.51. The van der Waals surface area contributed by atoms with Crippen molar-refractivity contribution in [3.63, 3.8) is 0 Å². The van der Waals surface area contributed by atoms with Crippen LogP contribution in [-0.2, 0) is 13.3 Å². The molecule has 0 aliphatic carbocycles. The highest BCUT2D eigenvalue weighted by molar-refractivity contribution is 6.62. The summed E-state index contributed by atoms with van der Waals surface area (Å²) in [6, 6.07) is 0.579. The number of hydrogen-bond acceptors (Lipinski definition) is 4. The van der Waals surface area contributed by atoms with Crippen molar-refractivity contribution in [1.82, 2.24) is 4.90 Å². The van der Waals surface area contributed by atoms with E-state index in [1.165, 1.54) is 19.3 Å². The molecule has 0 fully saturated rings. The zero-order valence-corrected chi connectivity index (χ0v) is 18.6. The van der Waals surface area contributed by atoms with Gasteiger partial charge in [0.05, 0.1) is 0 Å². The van der Waals surface area contributed by atoms with Gasteiger partial charge >= 0.3 is 8.80 Å². The number of unbranched alkanes of at least 4 members (excludes halogenated alkanes) is 1. The fraction of sp³-hybridized carbons (Fsp3) is 1.00. The van der Waals surface area contributed by atoms with Crippen molar-refractivity contribution in [3.8, 4) is 0 Å². The molecular formula is C19H43NO3Si. The molecule has 24 heavy (non-hydrogen) atoms. The first kappa shape index (κ1) is 24.1. The van der Waals surface area contributed by atoms with Crippen LogP contribution < -0.4 is 0 Å². The monoisotopic (exact) mass is 361 g/mol.